The highest BCUT2D eigenvalue weighted by atomic mass is 35.5. The van der Waals surface area contributed by atoms with Crippen LogP contribution < -0.4 is 9.47 Å². The number of para-hydroxylation sites is 1. The molecular formula is C25H30ClN3O4. The fourth-order valence-electron chi connectivity index (χ4n) is 4.30. The number of hydrogen-bond donors (Lipinski definition) is 1. The number of rotatable bonds is 6. The average molecular weight is 472 g/mol. The van der Waals surface area contributed by atoms with Gasteiger partial charge in [0.25, 0.3) is 0 Å². The molecule has 0 amide bonds. The van der Waals surface area contributed by atoms with Crippen molar-refractivity contribution in [2.45, 2.75) is 45.8 Å². The van der Waals surface area contributed by atoms with E-state index in [9.17, 15) is 5.11 Å². The first-order chi connectivity index (χ1) is 15.8. The normalized spacial score (nSPS) is 17.8. The predicted octanol–water partition coefficient (Wildman–Crippen LogP) is 5.07. The van der Waals surface area contributed by atoms with Crippen molar-refractivity contribution in [1.29, 1.82) is 0 Å². The monoisotopic (exact) mass is 471 g/mol. The van der Waals surface area contributed by atoms with Gasteiger partial charge in [0.1, 0.15) is 18.0 Å². The maximum Gasteiger partial charge on any atom is 0.167 e. The van der Waals surface area contributed by atoms with Crippen LogP contribution in [0.15, 0.2) is 36.4 Å². The van der Waals surface area contributed by atoms with Gasteiger partial charge in [0.15, 0.2) is 17.3 Å². The number of ether oxygens (including phenoxy) is 3. The van der Waals surface area contributed by atoms with Crippen LogP contribution in [-0.4, -0.2) is 40.7 Å². The van der Waals surface area contributed by atoms with Crippen LogP contribution in [0.4, 0.5) is 0 Å². The molecule has 8 heteroatoms. The number of fused-ring (bicyclic) bond motifs is 3. The van der Waals surface area contributed by atoms with E-state index >= 15 is 0 Å². The smallest absolute Gasteiger partial charge is 0.167 e. The third kappa shape index (κ3) is 4.58. The summed E-state index contributed by atoms with van der Waals surface area (Å²) in [5.74, 6) is 2.70. The zero-order valence-electron chi connectivity index (χ0n) is 19.6. The van der Waals surface area contributed by atoms with Crippen molar-refractivity contribution in [2.75, 3.05) is 20.8 Å². The van der Waals surface area contributed by atoms with Crippen molar-refractivity contribution in [1.82, 2.24) is 14.8 Å². The molecule has 7 nitrogen and oxygen atoms in total. The number of hydrogen-bond acceptors (Lipinski definition) is 6. The summed E-state index contributed by atoms with van der Waals surface area (Å²) in [6, 6.07) is 11.4. The van der Waals surface area contributed by atoms with E-state index in [0.717, 1.165) is 29.1 Å². The average Bonchev–Trinajstić information content (AvgIpc) is 3.11. The molecule has 1 aliphatic heterocycles. The summed E-state index contributed by atoms with van der Waals surface area (Å²) in [6.45, 7) is 6.45. The second-order valence-electron chi connectivity index (χ2n) is 9.35. The predicted molar refractivity (Wildman–Crippen MR) is 126 cm³/mol. The lowest BCUT2D eigenvalue weighted by Crippen LogP contribution is -2.16. The zero-order valence-corrected chi connectivity index (χ0v) is 20.4. The van der Waals surface area contributed by atoms with Crippen molar-refractivity contribution in [3.63, 3.8) is 0 Å². The van der Waals surface area contributed by atoms with Gasteiger partial charge in [-0.1, -0.05) is 44.5 Å². The second-order valence-corrected chi connectivity index (χ2v) is 9.79. The van der Waals surface area contributed by atoms with E-state index in [-0.39, 0.29) is 12.0 Å². The highest BCUT2D eigenvalue weighted by Gasteiger charge is 2.36. The van der Waals surface area contributed by atoms with E-state index < -0.39 is 12.2 Å². The maximum atomic E-state index is 9.83. The number of aromatic nitrogens is 3. The summed E-state index contributed by atoms with van der Waals surface area (Å²) in [5.41, 5.74) is 2.57. The Balaban J connectivity index is 1.98. The summed E-state index contributed by atoms with van der Waals surface area (Å²) in [5, 5.41) is 19.4. The topological polar surface area (TPSA) is 78.6 Å². The van der Waals surface area contributed by atoms with Crippen LogP contribution in [0.1, 0.15) is 62.2 Å². The molecular weight excluding hydrogens is 442 g/mol. The molecule has 3 aromatic rings. The van der Waals surface area contributed by atoms with Gasteiger partial charge >= 0.3 is 0 Å². The largest absolute Gasteiger partial charge is 0.493 e. The molecule has 2 atom stereocenters. The Bertz CT molecular complexity index is 1140. The number of halogens is 1. The first-order valence-electron chi connectivity index (χ1n) is 11.0. The summed E-state index contributed by atoms with van der Waals surface area (Å²) >= 11 is 6.47. The number of nitrogens with zero attached hydrogens (tertiary/aromatic N) is 3. The Morgan fingerprint density at radius 3 is 2.55 bits per heavy atom. The molecule has 0 aliphatic carbocycles. The molecule has 176 valence electrons. The first-order valence-corrected chi connectivity index (χ1v) is 11.4. The van der Waals surface area contributed by atoms with Crippen LogP contribution in [0.2, 0.25) is 5.02 Å². The second kappa shape index (κ2) is 9.33. The SMILES string of the molecule is COc1cccc([C@H]2O[C@H](CCO)c3nnc(CC(C)(C)C)n3-c3ccc(Cl)cc32)c1OC. The fourth-order valence-corrected chi connectivity index (χ4v) is 4.48. The van der Waals surface area contributed by atoms with Crippen molar-refractivity contribution in [2.24, 2.45) is 5.41 Å². The Morgan fingerprint density at radius 2 is 1.88 bits per heavy atom. The summed E-state index contributed by atoms with van der Waals surface area (Å²) in [7, 11) is 3.22. The minimum Gasteiger partial charge on any atom is -0.493 e. The van der Waals surface area contributed by atoms with Crippen LogP contribution in [-0.2, 0) is 11.2 Å². The van der Waals surface area contributed by atoms with Gasteiger partial charge in [0, 0.05) is 35.6 Å². The van der Waals surface area contributed by atoms with Crippen LogP contribution in [0.3, 0.4) is 0 Å². The minimum atomic E-state index is -0.524. The number of aliphatic hydroxyl groups is 1. The Morgan fingerprint density at radius 1 is 1.09 bits per heavy atom. The number of methoxy groups -OCH3 is 2. The highest BCUT2D eigenvalue weighted by molar-refractivity contribution is 6.30. The lowest BCUT2D eigenvalue weighted by molar-refractivity contribution is -0.00986. The molecule has 33 heavy (non-hydrogen) atoms. The Hall–Kier alpha value is -2.61. The summed E-state index contributed by atoms with van der Waals surface area (Å²) in [6.07, 6.45) is 0.0898. The Labute approximate surface area is 199 Å². The lowest BCUT2D eigenvalue weighted by Gasteiger charge is -2.24. The van der Waals surface area contributed by atoms with Gasteiger partial charge < -0.3 is 19.3 Å². The summed E-state index contributed by atoms with van der Waals surface area (Å²) < 4.78 is 20.0. The molecule has 0 fully saturated rings. The van der Waals surface area contributed by atoms with Gasteiger partial charge in [-0.25, -0.2) is 0 Å². The Kier molecular flexibility index (Phi) is 6.66. The van der Waals surface area contributed by atoms with Crippen LogP contribution in [0.25, 0.3) is 5.69 Å². The molecule has 4 rings (SSSR count). The molecule has 1 aliphatic rings. The highest BCUT2D eigenvalue weighted by Crippen LogP contribution is 2.46. The quantitative estimate of drug-likeness (QED) is 0.540. The van der Waals surface area contributed by atoms with Crippen LogP contribution in [0, 0.1) is 5.41 Å². The van der Waals surface area contributed by atoms with Gasteiger partial charge in [0.2, 0.25) is 0 Å². The van der Waals surface area contributed by atoms with Crippen molar-refractivity contribution in [3.05, 3.63) is 64.2 Å². The molecule has 0 bridgehead atoms. The third-order valence-corrected chi connectivity index (χ3v) is 5.89. The maximum absolute atomic E-state index is 9.83. The van der Waals surface area contributed by atoms with E-state index in [1.165, 1.54) is 0 Å². The molecule has 0 spiro atoms. The number of benzene rings is 2. The van der Waals surface area contributed by atoms with E-state index in [1.807, 2.05) is 36.4 Å². The van der Waals surface area contributed by atoms with Crippen LogP contribution in [0.5, 0.6) is 11.5 Å². The van der Waals surface area contributed by atoms with E-state index in [0.29, 0.717) is 28.8 Å². The van der Waals surface area contributed by atoms with Crippen LogP contribution >= 0.6 is 11.6 Å². The summed E-state index contributed by atoms with van der Waals surface area (Å²) in [4.78, 5) is 0. The van der Waals surface area contributed by atoms with Crippen molar-refractivity contribution < 1.29 is 19.3 Å². The van der Waals surface area contributed by atoms with Crippen molar-refractivity contribution >= 4 is 11.6 Å². The molecule has 2 aromatic carbocycles. The molecule has 0 unspecified atom stereocenters. The third-order valence-electron chi connectivity index (χ3n) is 5.65. The molecule has 0 radical (unpaired) electrons. The molecule has 2 heterocycles. The lowest BCUT2D eigenvalue weighted by atomic mass is 9.91. The number of aliphatic hydroxyl groups excluding tert-OH is 1. The molecule has 1 N–H and O–H groups in total. The van der Waals surface area contributed by atoms with Crippen molar-refractivity contribution in [3.8, 4) is 17.2 Å². The zero-order chi connectivity index (χ0) is 23.8. The first kappa shape index (κ1) is 23.5. The standard InChI is InChI=1S/C25H30ClN3O4/c1-25(2,3)14-21-27-28-24-20(11-12-30)33-22(16-7-6-8-19(31-4)23(16)32-5)17-13-15(26)9-10-18(17)29(21)24/h6-10,13,20,22,30H,11-12,14H2,1-5H3/t20-,22-/m1/s1. The van der Waals surface area contributed by atoms with E-state index in [2.05, 4.69) is 35.5 Å². The minimum absolute atomic E-state index is 0.00540. The van der Waals surface area contributed by atoms with Gasteiger partial charge in [-0.15, -0.1) is 10.2 Å². The van der Waals surface area contributed by atoms with Gasteiger partial charge in [-0.05, 0) is 29.7 Å². The molecule has 1 aromatic heterocycles. The van der Waals surface area contributed by atoms with Gasteiger partial charge in [-0.3, -0.25) is 4.57 Å². The van der Waals surface area contributed by atoms with Gasteiger partial charge in [0.05, 0.1) is 19.9 Å². The van der Waals surface area contributed by atoms with Gasteiger partial charge in [-0.2, -0.15) is 0 Å². The van der Waals surface area contributed by atoms with E-state index in [1.54, 1.807) is 14.2 Å². The molecule has 0 saturated heterocycles. The molecule has 0 saturated carbocycles. The fraction of sp³-hybridized carbons (Fsp3) is 0.440. The van der Waals surface area contributed by atoms with E-state index in [4.69, 9.17) is 25.8 Å².